The van der Waals surface area contributed by atoms with Gasteiger partial charge in [0.05, 0.1) is 22.5 Å². The second-order valence-corrected chi connectivity index (χ2v) is 8.23. The van der Waals surface area contributed by atoms with Gasteiger partial charge in [-0.3, -0.25) is 4.79 Å². The van der Waals surface area contributed by atoms with Gasteiger partial charge < -0.3 is 11.1 Å². The zero-order valence-electron chi connectivity index (χ0n) is 10.9. The predicted octanol–water partition coefficient (Wildman–Crippen LogP) is 0.199. The lowest BCUT2D eigenvalue weighted by Crippen LogP contribution is -2.54. The molecule has 6 heteroatoms. The second-order valence-electron chi connectivity index (χ2n) is 6.05. The van der Waals surface area contributed by atoms with Gasteiger partial charge in [-0.2, -0.15) is 0 Å². The largest absolute Gasteiger partial charge is 0.349 e. The Morgan fingerprint density at radius 1 is 1.28 bits per heavy atom. The van der Waals surface area contributed by atoms with Crippen molar-refractivity contribution >= 4 is 15.7 Å². The number of carbonyl (C=O) groups excluding carboxylic acids is 1. The quantitative estimate of drug-likeness (QED) is 0.769. The third kappa shape index (κ3) is 2.54. The van der Waals surface area contributed by atoms with Gasteiger partial charge in [0, 0.05) is 6.54 Å². The van der Waals surface area contributed by atoms with Gasteiger partial charge in [0.25, 0.3) is 0 Å². The van der Waals surface area contributed by atoms with Crippen molar-refractivity contribution < 1.29 is 13.2 Å². The van der Waals surface area contributed by atoms with Crippen LogP contribution >= 0.6 is 0 Å². The maximum absolute atomic E-state index is 12.4. The Balaban J connectivity index is 2.08. The molecular weight excluding hydrogens is 252 g/mol. The van der Waals surface area contributed by atoms with E-state index in [1.165, 1.54) is 0 Å². The Hall–Kier alpha value is -0.620. The lowest BCUT2D eigenvalue weighted by molar-refractivity contribution is -0.131. The standard InChI is InChI=1S/C12H22N2O3S/c1-11(6-7-18(16,17)9-11)14-10(15)12(8-13)4-2-3-5-12/h2-9,13H2,1H3,(H,14,15). The summed E-state index contributed by atoms with van der Waals surface area (Å²) in [6.45, 7) is 2.16. The third-order valence-electron chi connectivity index (χ3n) is 4.35. The number of amides is 1. The van der Waals surface area contributed by atoms with Crippen LogP contribution in [-0.2, 0) is 14.6 Å². The molecule has 1 amide bonds. The number of hydrogen-bond donors (Lipinski definition) is 2. The van der Waals surface area contributed by atoms with Crippen molar-refractivity contribution in [3.8, 4) is 0 Å². The van der Waals surface area contributed by atoms with Gasteiger partial charge in [-0.15, -0.1) is 0 Å². The average molecular weight is 274 g/mol. The summed E-state index contributed by atoms with van der Waals surface area (Å²) >= 11 is 0. The molecule has 18 heavy (non-hydrogen) atoms. The molecule has 5 nitrogen and oxygen atoms in total. The van der Waals surface area contributed by atoms with E-state index in [0.29, 0.717) is 13.0 Å². The number of sulfone groups is 1. The highest BCUT2D eigenvalue weighted by Crippen LogP contribution is 2.38. The Labute approximate surface area is 108 Å². The van der Waals surface area contributed by atoms with E-state index < -0.39 is 20.8 Å². The molecule has 0 aromatic carbocycles. The molecule has 1 saturated carbocycles. The van der Waals surface area contributed by atoms with Gasteiger partial charge >= 0.3 is 0 Å². The minimum Gasteiger partial charge on any atom is -0.349 e. The Kier molecular flexibility index (Phi) is 3.44. The normalized spacial score (nSPS) is 33.4. The number of nitrogens with two attached hydrogens (primary N) is 1. The molecule has 1 saturated heterocycles. The zero-order valence-corrected chi connectivity index (χ0v) is 11.7. The predicted molar refractivity (Wildman–Crippen MR) is 69.8 cm³/mol. The van der Waals surface area contributed by atoms with Crippen LogP contribution in [0.5, 0.6) is 0 Å². The van der Waals surface area contributed by atoms with E-state index in [9.17, 15) is 13.2 Å². The van der Waals surface area contributed by atoms with E-state index in [1.807, 2.05) is 6.92 Å². The molecule has 0 aromatic rings. The Morgan fingerprint density at radius 3 is 2.33 bits per heavy atom. The summed E-state index contributed by atoms with van der Waals surface area (Å²) in [5.74, 6) is 0.160. The van der Waals surface area contributed by atoms with Gasteiger partial charge in [0.1, 0.15) is 0 Å². The van der Waals surface area contributed by atoms with Crippen LogP contribution in [0.15, 0.2) is 0 Å². The van der Waals surface area contributed by atoms with Crippen LogP contribution in [0, 0.1) is 5.41 Å². The first-order valence-corrected chi connectivity index (χ1v) is 8.36. The maximum Gasteiger partial charge on any atom is 0.227 e. The molecule has 1 heterocycles. The van der Waals surface area contributed by atoms with Gasteiger partial charge in [0.15, 0.2) is 9.84 Å². The van der Waals surface area contributed by atoms with Gasteiger partial charge in [-0.1, -0.05) is 12.8 Å². The fraction of sp³-hybridized carbons (Fsp3) is 0.917. The van der Waals surface area contributed by atoms with Gasteiger partial charge in [-0.25, -0.2) is 8.42 Å². The number of rotatable bonds is 3. The van der Waals surface area contributed by atoms with Crippen LogP contribution in [0.3, 0.4) is 0 Å². The topological polar surface area (TPSA) is 89.3 Å². The fourth-order valence-corrected chi connectivity index (χ4v) is 5.18. The van der Waals surface area contributed by atoms with Gasteiger partial charge in [0.2, 0.25) is 5.91 Å². The summed E-state index contributed by atoms with van der Waals surface area (Å²) in [6, 6.07) is 0. The summed E-state index contributed by atoms with van der Waals surface area (Å²) in [5.41, 5.74) is 4.69. The summed E-state index contributed by atoms with van der Waals surface area (Å²) in [5, 5.41) is 2.95. The molecule has 1 aliphatic carbocycles. The van der Waals surface area contributed by atoms with Crippen molar-refractivity contribution in [3.63, 3.8) is 0 Å². The van der Waals surface area contributed by atoms with Crippen LogP contribution in [0.25, 0.3) is 0 Å². The minimum atomic E-state index is -3.00. The highest BCUT2D eigenvalue weighted by molar-refractivity contribution is 7.91. The molecule has 1 unspecified atom stereocenters. The van der Waals surface area contributed by atoms with E-state index in [4.69, 9.17) is 5.73 Å². The van der Waals surface area contributed by atoms with Crippen molar-refractivity contribution in [3.05, 3.63) is 0 Å². The smallest absolute Gasteiger partial charge is 0.227 e. The summed E-state index contributed by atoms with van der Waals surface area (Å²) < 4.78 is 23.0. The molecule has 2 aliphatic rings. The summed E-state index contributed by atoms with van der Waals surface area (Å²) in [7, 11) is -3.00. The highest BCUT2D eigenvalue weighted by Gasteiger charge is 2.45. The van der Waals surface area contributed by atoms with E-state index in [2.05, 4.69) is 5.32 Å². The second kappa shape index (κ2) is 4.49. The third-order valence-corrected chi connectivity index (χ3v) is 6.25. The summed E-state index contributed by atoms with van der Waals surface area (Å²) in [4.78, 5) is 12.4. The lowest BCUT2D eigenvalue weighted by Gasteiger charge is -2.32. The van der Waals surface area contributed by atoms with Crippen molar-refractivity contribution in [1.29, 1.82) is 0 Å². The molecule has 0 radical (unpaired) electrons. The van der Waals surface area contributed by atoms with E-state index in [-0.39, 0.29) is 17.4 Å². The van der Waals surface area contributed by atoms with Crippen LogP contribution < -0.4 is 11.1 Å². The number of hydrogen-bond acceptors (Lipinski definition) is 4. The lowest BCUT2D eigenvalue weighted by atomic mass is 9.84. The molecule has 0 aromatic heterocycles. The first kappa shape index (κ1) is 13.8. The first-order chi connectivity index (χ1) is 8.31. The van der Waals surface area contributed by atoms with Crippen molar-refractivity contribution in [2.24, 2.45) is 11.1 Å². The van der Waals surface area contributed by atoms with E-state index >= 15 is 0 Å². The van der Waals surface area contributed by atoms with E-state index in [0.717, 1.165) is 25.7 Å². The first-order valence-electron chi connectivity index (χ1n) is 6.54. The number of nitrogens with one attached hydrogen (secondary N) is 1. The fourth-order valence-electron chi connectivity index (χ4n) is 3.09. The monoisotopic (exact) mass is 274 g/mol. The van der Waals surface area contributed by atoms with Crippen molar-refractivity contribution in [1.82, 2.24) is 5.32 Å². The average Bonchev–Trinajstić information content (AvgIpc) is 2.84. The zero-order chi connectivity index (χ0) is 13.4. The van der Waals surface area contributed by atoms with Crippen LogP contribution in [-0.4, -0.2) is 37.9 Å². The molecule has 3 N–H and O–H groups in total. The van der Waals surface area contributed by atoms with Crippen LogP contribution in [0.1, 0.15) is 39.0 Å². The minimum absolute atomic E-state index is 0.0480. The van der Waals surface area contributed by atoms with Crippen molar-refractivity contribution in [2.45, 2.75) is 44.6 Å². The summed E-state index contributed by atoms with van der Waals surface area (Å²) in [6.07, 6.45) is 4.19. The molecule has 0 spiro atoms. The molecule has 0 bridgehead atoms. The molecule has 2 fully saturated rings. The number of carbonyl (C=O) groups is 1. The molecular formula is C12H22N2O3S. The van der Waals surface area contributed by atoms with Crippen molar-refractivity contribution in [2.75, 3.05) is 18.1 Å². The molecule has 1 atom stereocenters. The highest BCUT2D eigenvalue weighted by atomic mass is 32.2. The van der Waals surface area contributed by atoms with Crippen LogP contribution in [0.4, 0.5) is 0 Å². The van der Waals surface area contributed by atoms with Crippen LogP contribution in [0.2, 0.25) is 0 Å². The molecule has 1 aliphatic heterocycles. The SMILES string of the molecule is CC1(NC(=O)C2(CN)CCCC2)CCS(=O)(=O)C1. The molecule has 104 valence electrons. The Morgan fingerprint density at radius 2 is 1.89 bits per heavy atom. The van der Waals surface area contributed by atoms with E-state index in [1.54, 1.807) is 0 Å². The molecule has 2 rings (SSSR count). The maximum atomic E-state index is 12.4. The van der Waals surface area contributed by atoms with Gasteiger partial charge in [-0.05, 0) is 26.2 Å². The Bertz CT molecular complexity index is 440.